The highest BCUT2D eigenvalue weighted by Gasteiger charge is 2.05. The van der Waals surface area contributed by atoms with Crippen LogP contribution in [0.2, 0.25) is 0 Å². The molecule has 3 aromatic rings. The Bertz CT molecular complexity index is 701. The Kier molecular flexibility index (Phi) is 2.86. The third kappa shape index (κ3) is 2.54. The van der Waals surface area contributed by atoms with Gasteiger partial charge in [0.2, 0.25) is 11.8 Å². The predicted molar refractivity (Wildman–Crippen MR) is 69.0 cm³/mol. The first-order chi connectivity index (χ1) is 9.20. The first-order valence-electron chi connectivity index (χ1n) is 6.07. The topological polar surface area (TPSA) is 81.1 Å². The van der Waals surface area contributed by atoms with E-state index in [1.165, 1.54) is 0 Å². The Labute approximate surface area is 109 Å². The van der Waals surface area contributed by atoms with Crippen LogP contribution < -0.4 is 5.32 Å². The summed E-state index contributed by atoms with van der Waals surface area (Å²) in [5.74, 6) is 1.87. The predicted octanol–water partition coefficient (Wildman–Crippen LogP) is 1.38. The van der Waals surface area contributed by atoms with E-state index >= 15 is 0 Å². The summed E-state index contributed by atoms with van der Waals surface area (Å²) in [6.07, 6.45) is 2.61. The third-order valence-electron chi connectivity index (χ3n) is 2.68. The third-order valence-corrected chi connectivity index (χ3v) is 2.68. The zero-order chi connectivity index (χ0) is 13.2. The maximum atomic E-state index is 4.90. The molecule has 0 saturated carbocycles. The smallest absolute Gasteiger partial charge is 0.243 e. The summed E-state index contributed by atoms with van der Waals surface area (Å²) in [7, 11) is 0. The second kappa shape index (κ2) is 4.68. The molecule has 0 aliphatic carbocycles. The molecule has 0 bridgehead atoms. The van der Waals surface area contributed by atoms with Crippen molar-refractivity contribution in [1.29, 1.82) is 0 Å². The summed E-state index contributed by atoms with van der Waals surface area (Å²) in [6.45, 7) is 4.46. The molecule has 0 unspecified atom stereocenters. The Hall–Kier alpha value is -2.44. The van der Waals surface area contributed by atoms with Crippen LogP contribution in [-0.4, -0.2) is 31.3 Å². The van der Waals surface area contributed by atoms with Gasteiger partial charge < -0.3 is 9.84 Å². The number of hydrogen-bond donors (Lipinski definition) is 1. The number of pyridine rings is 1. The van der Waals surface area contributed by atoms with Crippen LogP contribution in [0.25, 0.3) is 5.65 Å². The van der Waals surface area contributed by atoms with E-state index in [1.807, 2.05) is 25.3 Å². The summed E-state index contributed by atoms with van der Waals surface area (Å²) in [5, 5.41) is 11.3. The highest BCUT2D eigenvalue weighted by molar-refractivity contribution is 5.44. The first kappa shape index (κ1) is 11.6. The van der Waals surface area contributed by atoms with Crippen LogP contribution in [0.4, 0.5) is 5.95 Å². The summed E-state index contributed by atoms with van der Waals surface area (Å²) in [6, 6.07) is 3.95. The van der Waals surface area contributed by atoms with Crippen molar-refractivity contribution < 1.29 is 4.52 Å². The van der Waals surface area contributed by atoms with Gasteiger partial charge in [0.05, 0.1) is 0 Å². The number of anilines is 1. The lowest BCUT2D eigenvalue weighted by molar-refractivity contribution is 0.387. The second-order valence-corrected chi connectivity index (χ2v) is 4.35. The number of fused-ring (bicyclic) bond motifs is 1. The van der Waals surface area contributed by atoms with Crippen molar-refractivity contribution in [1.82, 2.24) is 24.7 Å². The second-order valence-electron chi connectivity index (χ2n) is 4.35. The Balaban J connectivity index is 1.65. The summed E-state index contributed by atoms with van der Waals surface area (Å²) in [4.78, 5) is 8.50. The first-order valence-corrected chi connectivity index (χ1v) is 6.07. The minimum Gasteiger partial charge on any atom is -0.352 e. The van der Waals surface area contributed by atoms with Gasteiger partial charge in [-0.3, -0.25) is 0 Å². The van der Waals surface area contributed by atoms with Crippen molar-refractivity contribution in [2.24, 2.45) is 0 Å². The van der Waals surface area contributed by atoms with Crippen LogP contribution in [0.3, 0.4) is 0 Å². The van der Waals surface area contributed by atoms with Crippen LogP contribution in [0, 0.1) is 13.8 Å². The molecule has 0 atom stereocenters. The highest BCUT2D eigenvalue weighted by Crippen LogP contribution is 2.07. The van der Waals surface area contributed by atoms with E-state index in [4.69, 9.17) is 4.52 Å². The minimum atomic E-state index is 0.580. The Morgan fingerprint density at radius 2 is 2.16 bits per heavy atom. The van der Waals surface area contributed by atoms with Crippen LogP contribution >= 0.6 is 0 Å². The van der Waals surface area contributed by atoms with E-state index in [2.05, 4.69) is 25.5 Å². The van der Waals surface area contributed by atoms with Crippen molar-refractivity contribution in [3.8, 4) is 0 Å². The van der Waals surface area contributed by atoms with Gasteiger partial charge in [0.1, 0.15) is 0 Å². The van der Waals surface area contributed by atoms with Gasteiger partial charge in [0.15, 0.2) is 11.5 Å². The number of aryl methyl sites for hydroxylation is 2. The molecule has 3 aromatic heterocycles. The molecule has 98 valence electrons. The quantitative estimate of drug-likeness (QED) is 0.761. The monoisotopic (exact) mass is 258 g/mol. The van der Waals surface area contributed by atoms with E-state index < -0.39 is 0 Å². The molecule has 1 N–H and O–H groups in total. The molecule has 0 amide bonds. The van der Waals surface area contributed by atoms with E-state index in [9.17, 15) is 0 Å². The molecular weight excluding hydrogens is 244 g/mol. The standard InChI is InChI=1S/C12H14N6O/c1-8-3-4-11-15-12(16-18(11)7-8)13-6-5-10-14-9(2)19-17-10/h3-4,7H,5-6H2,1-2H3,(H,13,16). The normalized spacial score (nSPS) is 11.1. The van der Waals surface area contributed by atoms with Crippen LogP contribution in [0.5, 0.6) is 0 Å². The number of hydrogen-bond acceptors (Lipinski definition) is 6. The molecule has 3 heterocycles. The average Bonchev–Trinajstić information content (AvgIpc) is 2.95. The molecule has 0 saturated heterocycles. The molecule has 3 rings (SSSR count). The fourth-order valence-corrected chi connectivity index (χ4v) is 1.79. The fraction of sp³-hybridized carbons (Fsp3) is 0.333. The van der Waals surface area contributed by atoms with Gasteiger partial charge in [-0.05, 0) is 18.6 Å². The molecule has 7 nitrogen and oxygen atoms in total. The van der Waals surface area contributed by atoms with Gasteiger partial charge in [-0.15, -0.1) is 5.10 Å². The van der Waals surface area contributed by atoms with Gasteiger partial charge in [-0.2, -0.15) is 9.97 Å². The Morgan fingerprint density at radius 3 is 2.95 bits per heavy atom. The lowest BCUT2D eigenvalue weighted by Crippen LogP contribution is -2.07. The molecule has 0 radical (unpaired) electrons. The van der Waals surface area contributed by atoms with Crippen molar-refractivity contribution in [2.45, 2.75) is 20.3 Å². The average molecular weight is 258 g/mol. The molecule has 0 spiro atoms. The maximum absolute atomic E-state index is 4.90. The largest absolute Gasteiger partial charge is 0.352 e. The van der Waals surface area contributed by atoms with Gasteiger partial charge in [-0.1, -0.05) is 11.2 Å². The molecule has 0 fully saturated rings. The molecule has 7 heteroatoms. The minimum absolute atomic E-state index is 0.580. The molecular formula is C12H14N6O. The highest BCUT2D eigenvalue weighted by atomic mass is 16.5. The number of aromatic nitrogens is 5. The summed E-state index contributed by atoms with van der Waals surface area (Å²) >= 11 is 0. The maximum Gasteiger partial charge on any atom is 0.243 e. The molecule has 0 aliphatic rings. The molecule has 0 aliphatic heterocycles. The van der Waals surface area contributed by atoms with Crippen LogP contribution in [0.15, 0.2) is 22.9 Å². The van der Waals surface area contributed by atoms with E-state index in [-0.39, 0.29) is 0 Å². The molecule has 0 aromatic carbocycles. The summed E-state index contributed by atoms with van der Waals surface area (Å²) in [5.41, 5.74) is 1.97. The van der Waals surface area contributed by atoms with Crippen molar-refractivity contribution >= 4 is 11.6 Å². The lowest BCUT2D eigenvalue weighted by atomic mass is 10.3. The lowest BCUT2D eigenvalue weighted by Gasteiger charge is -1.96. The van der Waals surface area contributed by atoms with Crippen molar-refractivity contribution in [3.05, 3.63) is 35.6 Å². The number of nitrogens with one attached hydrogen (secondary N) is 1. The van der Waals surface area contributed by atoms with Gasteiger partial charge in [0.25, 0.3) is 0 Å². The van der Waals surface area contributed by atoms with E-state index in [0.717, 1.165) is 11.2 Å². The fourth-order valence-electron chi connectivity index (χ4n) is 1.79. The summed E-state index contributed by atoms with van der Waals surface area (Å²) < 4.78 is 6.66. The van der Waals surface area contributed by atoms with Crippen molar-refractivity contribution in [2.75, 3.05) is 11.9 Å². The van der Waals surface area contributed by atoms with Crippen molar-refractivity contribution in [3.63, 3.8) is 0 Å². The van der Waals surface area contributed by atoms with Crippen LogP contribution in [-0.2, 0) is 6.42 Å². The van der Waals surface area contributed by atoms with E-state index in [1.54, 1.807) is 11.4 Å². The van der Waals surface area contributed by atoms with Gasteiger partial charge in [-0.25, -0.2) is 4.52 Å². The number of nitrogens with zero attached hydrogens (tertiary/aromatic N) is 5. The van der Waals surface area contributed by atoms with E-state index in [0.29, 0.717) is 30.6 Å². The number of rotatable bonds is 4. The zero-order valence-electron chi connectivity index (χ0n) is 10.8. The zero-order valence-corrected chi connectivity index (χ0v) is 10.8. The SMILES string of the molecule is Cc1ccc2nc(NCCc3noc(C)n3)nn2c1. The molecule has 19 heavy (non-hydrogen) atoms. The van der Waals surface area contributed by atoms with Gasteiger partial charge in [0, 0.05) is 26.1 Å². The Morgan fingerprint density at radius 1 is 1.26 bits per heavy atom. The van der Waals surface area contributed by atoms with Crippen LogP contribution in [0.1, 0.15) is 17.3 Å². The van der Waals surface area contributed by atoms with Gasteiger partial charge >= 0.3 is 0 Å².